The average molecular weight is 361 g/mol. The highest BCUT2D eigenvalue weighted by Crippen LogP contribution is 2.41. The van der Waals surface area contributed by atoms with Crippen molar-refractivity contribution in [3.8, 4) is 5.69 Å². The van der Waals surface area contributed by atoms with Crippen molar-refractivity contribution >= 4 is 0 Å². The van der Waals surface area contributed by atoms with Gasteiger partial charge in [-0.3, -0.25) is 4.98 Å². The van der Waals surface area contributed by atoms with Crippen LogP contribution in [0.4, 0.5) is 0 Å². The first-order valence-corrected chi connectivity index (χ1v) is 9.71. The Balaban J connectivity index is 1.63. The molecule has 3 aromatic rings. The third-order valence-electron chi connectivity index (χ3n) is 5.43. The van der Waals surface area contributed by atoms with Gasteiger partial charge in [0.1, 0.15) is 0 Å². The fourth-order valence-electron chi connectivity index (χ4n) is 4.06. The zero-order valence-electron chi connectivity index (χ0n) is 16.7. The number of rotatable bonds is 4. The molecule has 0 unspecified atom stereocenters. The largest absolute Gasteiger partial charge is 0.304 e. The van der Waals surface area contributed by atoms with E-state index in [9.17, 15) is 0 Å². The summed E-state index contributed by atoms with van der Waals surface area (Å²) in [6.07, 6.45) is 4.19. The molecule has 0 saturated heterocycles. The van der Waals surface area contributed by atoms with E-state index in [1.165, 1.54) is 16.8 Å². The second-order valence-electron chi connectivity index (χ2n) is 8.54. The van der Waals surface area contributed by atoms with E-state index in [-0.39, 0.29) is 5.41 Å². The van der Waals surface area contributed by atoms with Gasteiger partial charge in [-0.1, -0.05) is 37.6 Å². The molecule has 27 heavy (non-hydrogen) atoms. The number of aryl methyl sites for hydroxylation is 2. The van der Waals surface area contributed by atoms with Crippen molar-refractivity contribution in [3.05, 3.63) is 76.9 Å². The molecule has 0 spiro atoms. The van der Waals surface area contributed by atoms with E-state index in [1.807, 2.05) is 19.2 Å². The van der Waals surface area contributed by atoms with E-state index in [0.717, 1.165) is 36.5 Å². The Morgan fingerprint density at radius 3 is 2.63 bits per heavy atom. The van der Waals surface area contributed by atoms with Gasteiger partial charge in [-0.2, -0.15) is 5.10 Å². The zero-order chi connectivity index (χ0) is 19.0. The highest BCUT2D eigenvalue weighted by atomic mass is 15.3. The molecule has 1 atom stereocenters. The first-order chi connectivity index (χ1) is 12.9. The summed E-state index contributed by atoms with van der Waals surface area (Å²) in [5.74, 6) is 0. The lowest BCUT2D eigenvalue weighted by atomic mass is 9.74. The summed E-state index contributed by atoms with van der Waals surface area (Å²) in [4.78, 5) is 4.63. The quantitative estimate of drug-likeness (QED) is 0.734. The van der Waals surface area contributed by atoms with Gasteiger partial charge in [0.2, 0.25) is 0 Å². The van der Waals surface area contributed by atoms with Gasteiger partial charge in [0.25, 0.3) is 0 Å². The number of nitrogens with one attached hydrogen (secondary N) is 1. The molecular formula is C23H28N4. The SMILES string of the molecule is Cc1ccc(-n2ncc3c2CC(C)(C)C[C@@H]3NCc2cccc(C)n2)cc1. The molecule has 2 aromatic heterocycles. The standard InChI is InChI=1S/C23H28N4/c1-16-8-10-19(11-9-16)27-22-13-23(3,4)12-21(20(22)15-25-27)24-14-18-7-5-6-17(2)26-18/h5-11,15,21,24H,12-14H2,1-4H3/t21-/m0/s1. The highest BCUT2D eigenvalue weighted by Gasteiger charge is 2.35. The third kappa shape index (κ3) is 3.81. The van der Waals surface area contributed by atoms with Gasteiger partial charge in [-0.05, 0) is 56.4 Å². The number of benzene rings is 1. The van der Waals surface area contributed by atoms with Crippen LogP contribution in [0.2, 0.25) is 0 Å². The number of pyridine rings is 1. The van der Waals surface area contributed by atoms with E-state index >= 15 is 0 Å². The number of hydrogen-bond donors (Lipinski definition) is 1. The van der Waals surface area contributed by atoms with Gasteiger partial charge in [0.15, 0.2) is 0 Å². The number of fused-ring (bicyclic) bond motifs is 1. The van der Waals surface area contributed by atoms with Crippen LogP contribution in [0.15, 0.2) is 48.7 Å². The minimum absolute atomic E-state index is 0.229. The van der Waals surface area contributed by atoms with E-state index in [0.29, 0.717) is 6.04 Å². The van der Waals surface area contributed by atoms with Crippen molar-refractivity contribution in [1.82, 2.24) is 20.1 Å². The molecule has 0 radical (unpaired) electrons. The molecule has 0 fully saturated rings. The second-order valence-corrected chi connectivity index (χ2v) is 8.54. The van der Waals surface area contributed by atoms with Gasteiger partial charge in [0, 0.05) is 29.5 Å². The molecule has 1 aromatic carbocycles. The van der Waals surface area contributed by atoms with Crippen LogP contribution in [0, 0.1) is 19.3 Å². The van der Waals surface area contributed by atoms with Crippen LogP contribution in [0.3, 0.4) is 0 Å². The molecule has 4 nitrogen and oxygen atoms in total. The topological polar surface area (TPSA) is 42.7 Å². The number of aromatic nitrogens is 3. The molecule has 0 saturated carbocycles. The molecule has 0 amide bonds. The Bertz CT molecular complexity index is 937. The molecule has 0 aliphatic heterocycles. The van der Waals surface area contributed by atoms with Crippen LogP contribution in [-0.4, -0.2) is 14.8 Å². The maximum atomic E-state index is 4.74. The lowest BCUT2D eigenvalue weighted by Gasteiger charge is -2.36. The molecule has 1 aliphatic rings. The molecule has 0 bridgehead atoms. The van der Waals surface area contributed by atoms with Gasteiger partial charge < -0.3 is 5.32 Å². The first kappa shape index (κ1) is 17.9. The summed E-state index contributed by atoms with van der Waals surface area (Å²) in [5, 5.41) is 8.48. The number of nitrogens with zero attached hydrogens (tertiary/aromatic N) is 3. The number of hydrogen-bond acceptors (Lipinski definition) is 3. The average Bonchev–Trinajstić information content (AvgIpc) is 3.03. The lowest BCUT2D eigenvalue weighted by molar-refractivity contribution is 0.252. The third-order valence-corrected chi connectivity index (χ3v) is 5.43. The van der Waals surface area contributed by atoms with Crippen molar-refractivity contribution < 1.29 is 0 Å². The predicted molar refractivity (Wildman–Crippen MR) is 109 cm³/mol. The van der Waals surface area contributed by atoms with Crippen LogP contribution in [-0.2, 0) is 13.0 Å². The Morgan fingerprint density at radius 1 is 1.11 bits per heavy atom. The zero-order valence-corrected chi connectivity index (χ0v) is 16.7. The Morgan fingerprint density at radius 2 is 1.89 bits per heavy atom. The first-order valence-electron chi connectivity index (χ1n) is 9.71. The fourth-order valence-corrected chi connectivity index (χ4v) is 4.06. The maximum Gasteiger partial charge on any atom is 0.0649 e. The van der Waals surface area contributed by atoms with Gasteiger partial charge in [-0.25, -0.2) is 4.68 Å². The molecule has 1 N–H and O–H groups in total. The smallest absolute Gasteiger partial charge is 0.0649 e. The van der Waals surface area contributed by atoms with Gasteiger partial charge >= 0.3 is 0 Å². The summed E-state index contributed by atoms with van der Waals surface area (Å²) in [6, 6.07) is 15.1. The van der Waals surface area contributed by atoms with Crippen molar-refractivity contribution in [2.24, 2.45) is 5.41 Å². The molecule has 140 valence electrons. The lowest BCUT2D eigenvalue weighted by Crippen LogP contribution is -2.33. The van der Waals surface area contributed by atoms with Gasteiger partial charge in [-0.15, -0.1) is 0 Å². The van der Waals surface area contributed by atoms with Crippen LogP contribution >= 0.6 is 0 Å². The minimum Gasteiger partial charge on any atom is -0.304 e. The van der Waals surface area contributed by atoms with Crippen molar-refractivity contribution in [3.63, 3.8) is 0 Å². The minimum atomic E-state index is 0.229. The molecule has 4 rings (SSSR count). The van der Waals surface area contributed by atoms with E-state index < -0.39 is 0 Å². The Hall–Kier alpha value is -2.46. The normalized spacial score (nSPS) is 18.3. The van der Waals surface area contributed by atoms with Crippen LogP contribution in [0.5, 0.6) is 0 Å². The Labute approximate surface area is 161 Å². The monoisotopic (exact) mass is 360 g/mol. The Kier molecular flexibility index (Phi) is 4.60. The van der Waals surface area contributed by atoms with E-state index in [4.69, 9.17) is 5.10 Å². The van der Waals surface area contributed by atoms with E-state index in [1.54, 1.807) is 0 Å². The summed E-state index contributed by atoms with van der Waals surface area (Å²) in [6.45, 7) is 9.63. The molecular weight excluding hydrogens is 332 g/mol. The summed E-state index contributed by atoms with van der Waals surface area (Å²) < 4.78 is 2.12. The maximum absolute atomic E-state index is 4.74. The predicted octanol–water partition coefficient (Wildman–Crippen LogP) is 4.69. The van der Waals surface area contributed by atoms with Gasteiger partial charge in [0.05, 0.1) is 17.6 Å². The summed E-state index contributed by atoms with van der Waals surface area (Å²) >= 11 is 0. The van der Waals surface area contributed by atoms with Crippen LogP contribution < -0.4 is 5.32 Å². The van der Waals surface area contributed by atoms with Crippen molar-refractivity contribution in [2.45, 2.75) is 53.1 Å². The summed E-state index contributed by atoms with van der Waals surface area (Å²) in [5.41, 5.74) is 7.43. The highest BCUT2D eigenvalue weighted by molar-refractivity contribution is 5.39. The van der Waals surface area contributed by atoms with Crippen molar-refractivity contribution in [2.75, 3.05) is 0 Å². The van der Waals surface area contributed by atoms with Crippen molar-refractivity contribution in [1.29, 1.82) is 0 Å². The van der Waals surface area contributed by atoms with Crippen LogP contribution in [0.1, 0.15) is 54.5 Å². The van der Waals surface area contributed by atoms with Crippen LogP contribution in [0.25, 0.3) is 5.69 Å². The molecule has 2 heterocycles. The molecule has 1 aliphatic carbocycles. The second kappa shape index (κ2) is 6.93. The summed E-state index contributed by atoms with van der Waals surface area (Å²) in [7, 11) is 0. The molecule has 4 heteroatoms. The van der Waals surface area contributed by atoms with E-state index in [2.05, 4.69) is 72.2 Å². The fraction of sp³-hybridized carbons (Fsp3) is 0.391.